The van der Waals surface area contributed by atoms with Gasteiger partial charge in [0.05, 0.1) is 22.8 Å². The Balaban J connectivity index is 1.94. The summed E-state index contributed by atoms with van der Waals surface area (Å²) in [5, 5.41) is 0. The second-order valence-electron chi connectivity index (χ2n) is 5.33. The van der Waals surface area contributed by atoms with Gasteiger partial charge in [-0.3, -0.25) is 4.98 Å². The van der Waals surface area contributed by atoms with Gasteiger partial charge in [0, 0.05) is 19.2 Å². The second kappa shape index (κ2) is 5.66. The third-order valence-corrected chi connectivity index (χ3v) is 3.77. The van der Waals surface area contributed by atoms with E-state index in [1.54, 1.807) is 0 Å². The standard InChI is InChI=1S/C17H20N4/c1-3-21-16-7-5-4-6-14(16)20-17(21)11-13(18)15-10-12(2)8-9-19-15/h4-10,13H,3,11,18H2,1-2H3. The number of para-hydroxylation sites is 2. The van der Waals surface area contributed by atoms with E-state index in [4.69, 9.17) is 10.7 Å². The van der Waals surface area contributed by atoms with Crippen molar-refractivity contribution in [1.82, 2.24) is 14.5 Å². The Labute approximate surface area is 124 Å². The first kappa shape index (κ1) is 13.8. The molecule has 1 atom stereocenters. The van der Waals surface area contributed by atoms with Crippen LogP contribution < -0.4 is 5.73 Å². The van der Waals surface area contributed by atoms with E-state index in [0.29, 0.717) is 6.42 Å². The molecule has 0 aliphatic rings. The largest absolute Gasteiger partial charge is 0.328 e. The Morgan fingerprint density at radius 1 is 1.24 bits per heavy atom. The molecule has 0 radical (unpaired) electrons. The number of nitrogens with zero attached hydrogens (tertiary/aromatic N) is 3. The van der Waals surface area contributed by atoms with Crippen molar-refractivity contribution in [2.24, 2.45) is 5.73 Å². The molecule has 0 saturated carbocycles. The van der Waals surface area contributed by atoms with E-state index in [9.17, 15) is 0 Å². The highest BCUT2D eigenvalue weighted by molar-refractivity contribution is 5.75. The zero-order chi connectivity index (χ0) is 14.8. The minimum absolute atomic E-state index is 0.132. The highest BCUT2D eigenvalue weighted by Gasteiger charge is 2.15. The first-order chi connectivity index (χ1) is 10.2. The van der Waals surface area contributed by atoms with Gasteiger partial charge in [-0.05, 0) is 43.7 Å². The summed E-state index contributed by atoms with van der Waals surface area (Å²) in [5.74, 6) is 1.02. The zero-order valence-corrected chi connectivity index (χ0v) is 12.5. The molecule has 4 nitrogen and oxygen atoms in total. The van der Waals surface area contributed by atoms with Crippen LogP contribution in [0.5, 0.6) is 0 Å². The monoisotopic (exact) mass is 280 g/mol. The van der Waals surface area contributed by atoms with E-state index in [1.165, 1.54) is 11.1 Å². The molecule has 3 aromatic rings. The van der Waals surface area contributed by atoms with Crippen LogP contribution in [0.25, 0.3) is 11.0 Å². The molecule has 2 aromatic heterocycles. The fraction of sp³-hybridized carbons (Fsp3) is 0.294. The van der Waals surface area contributed by atoms with E-state index in [1.807, 2.05) is 36.5 Å². The average Bonchev–Trinajstić information content (AvgIpc) is 2.84. The van der Waals surface area contributed by atoms with Crippen LogP contribution in [0.2, 0.25) is 0 Å². The van der Waals surface area contributed by atoms with Crippen LogP contribution in [-0.2, 0) is 13.0 Å². The molecule has 2 heterocycles. The fourth-order valence-electron chi connectivity index (χ4n) is 2.70. The van der Waals surface area contributed by atoms with E-state index < -0.39 is 0 Å². The highest BCUT2D eigenvalue weighted by atomic mass is 15.1. The van der Waals surface area contributed by atoms with Crippen LogP contribution in [0, 0.1) is 6.92 Å². The second-order valence-corrected chi connectivity index (χ2v) is 5.33. The Morgan fingerprint density at radius 2 is 2.05 bits per heavy atom. The number of nitrogens with two attached hydrogens (primary N) is 1. The molecule has 0 amide bonds. The van der Waals surface area contributed by atoms with Gasteiger partial charge in [0.1, 0.15) is 5.82 Å². The molecule has 0 fully saturated rings. The Kier molecular flexibility index (Phi) is 3.71. The lowest BCUT2D eigenvalue weighted by Crippen LogP contribution is -2.17. The summed E-state index contributed by atoms with van der Waals surface area (Å²) < 4.78 is 2.23. The van der Waals surface area contributed by atoms with Gasteiger partial charge in [0.25, 0.3) is 0 Å². The summed E-state index contributed by atoms with van der Waals surface area (Å²) in [6, 6.07) is 12.1. The predicted octanol–water partition coefficient (Wildman–Crippen LogP) is 3.00. The molecule has 0 saturated heterocycles. The lowest BCUT2D eigenvalue weighted by Gasteiger charge is -2.12. The van der Waals surface area contributed by atoms with Gasteiger partial charge in [-0.1, -0.05) is 12.1 Å². The molecular formula is C17H20N4. The average molecular weight is 280 g/mol. The Morgan fingerprint density at radius 3 is 2.81 bits per heavy atom. The van der Waals surface area contributed by atoms with Gasteiger partial charge >= 0.3 is 0 Å². The number of benzene rings is 1. The van der Waals surface area contributed by atoms with Crippen LogP contribution in [0.1, 0.15) is 30.0 Å². The molecule has 21 heavy (non-hydrogen) atoms. The van der Waals surface area contributed by atoms with Crippen molar-refractivity contribution < 1.29 is 0 Å². The lowest BCUT2D eigenvalue weighted by molar-refractivity contribution is 0.625. The normalized spacial score (nSPS) is 12.7. The Bertz CT molecular complexity index is 760. The van der Waals surface area contributed by atoms with Crippen molar-refractivity contribution in [2.45, 2.75) is 32.9 Å². The minimum atomic E-state index is -0.132. The molecular weight excluding hydrogens is 260 g/mol. The van der Waals surface area contributed by atoms with Crippen molar-refractivity contribution in [3.8, 4) is 0 Å². The smallest absolute Gasteiger partial charge is 0.111 e. The summed E-state index contributed by atoms with van der Waals surface area (Å²) >= 11 is 0. The molecule has 0 aliphatic heterocycles. The van der Waals surface area contributed by atoms with Gasteiger partial charge in [-0.25, -0.2) is 4.98 Å². The molecule has 4 heteroatoms. The topological polar surface area (TPSA) is 56.7 Å². The molecule has 0 aliphatic carbocycles. The molecule has 108 valence electrons. The number of hydrogen-bond donors (Lipinski definition) is 1. The van der Waals surface area contributed by atoms with E-state index in [-0.39, 0.29) is 6.04 Å². The number of pyridine rings is 1. The number of hydrogen-bond acceptors (Lipinski definition) is 3. The molecule has 0 bridgehead atoms. The van der Waals surface area contributed by atoms with E-state index in [2.05, 4.69) is 29.5 Å². The maximum atomic E-state index is 6.33. The maximum absolute atomic E-state index is 6.33. The minimum Gasteiger partial charge on any atom is -0.328 e. The van der Waals surface area contributed by atoms with Crippen LogP contribution in [0.3, 0.4) is 0 Å². The quantitative estimate of drug-likeness (QED) is 0.799. The lowest BCUT2D eigenvalue weighted by atomic mass is 10.1. The van der Waals surface area contributed by atoms with Crippen LogP contribution in [-0.4, -0.2) is 14.5 Å². The number of imidazole rings is 1. The molecule has 3 rings (SSSR count). The summed E-state index contributed by atoms with van der Waals surface area (Å²) in [6.07, 6.45) is 2.51. The highest BCUT2D eigenvalue weighted by Crippen LogP contribution is 2.20. The van der Waals surface area contributed by atoms with Gasteiger partial charge < -0.3 is 10.3 Å². The van der Waals surface area contributed by atoms with Crippen molar-refractivity contribution in [3.63, 3.8) is 0 Å². The Hall–Kier alpha value is -2.20. The molecule has 0 spiro atoms. The van der Waals surface area contributed by atoms with Gasteiger partial charge in [-0.2, -0.15) is 0 Å². The summed E-state index contributed by atoms with van der Waals surface area (Å²) in [5.41, 5.74) is 10.6. The van der Waals surface area contributed by atoms with E-state index >= 15 is 0 Å². The summed E-state index contributed by atoms with van der Waals surface area (Å²) in [4.78, 5) is 9.11. The molecule has 2 N–H and O–H groups in total. The number of aromatic nitrogens is 3. The molecule has 1 aromatic carbocycles. The third kappa shape index (κ3) is 2.67. The van der Waals surface area contributed by atoms with Crippen molar-refractivity contribution in [1.29, 1.82) is 0 Å². The van der Waals surface area contributed by atoms with Gasteiger partial charge in [-0.15, -0.1) is 0 Å². The summed E-state index contributed by atoms with van der Waals surface area (Å²) in [6.45, 7) is 5.08. The predicted molar refractivity (Wildman–Crippen MR) is 85.0 cm³/mol. The van der Waals surface area contributed by atoms with Crippen LogP contribution >= 0.6 is 0 Å². The van der Waals surface area contributed by atoms with E-state index in [0.717, 1.165) is 23.6 Å². The van der Waals surface area contributed by atoms with Gasteiger partial charge in [0.2, 0.25) is 0 Å². The van der Waals surface area contributed by atoms with Crippen molar-refractivity contribution >= 4 is 11.0 Å². The summed E-state index contributed by atoms with van der Waals surface area (Å²) in [7, 11) is 0. The van der Waals surface area contributed by atoms with Crippen LogP contribution in [0.4, 0.5) is 0 Å². The van der Waals surface area contributed by atoms with Crippen molar-refractivity contribution in [3.05, 3.63) is 59.7 Å². The zero-order valence-electron chi connectivity index (χ0n) is 12.5. The number of aryl methyl sites for hydroxylation is 2. The number of rotatable bonds is 4. The fourth-order valence-corrected chi connectivity index (χ4v) is 2.70. The van der Waals surface area contributed by atoms with Crippen LogP contribution in [0.15, 0.2) is 42.6 Å². The van der Waals surface area contributed by atoms with Crippen molar-refractivity contribution in [2.75, 3.05) is 0 Å². The van der Waals surface area contributed by atoms with Gasteiger partial charge in [0.15, 0.2) is 0 Å². The first-order valence-electron chi connectivity index (χ1n) is 7.31. The number of fused-ring (bicyclic) bond motifs is 1. The SMILES string of the molecule is CCn1c(CC(N)c2cc(C)ccn2)nc2ccccc21. The molecule has 1 unspecified atom stereocenters. The first-order valence-corrected chi connectivity index (χ1v) is 7.31. The third-order valence-electron chi connectivity index (χ3n) is 3.77. The maximum Gasteiger partial charge on any atom is 0.111 e.